The van der Waals surface area contributed by atoms with Gasteiger partial charge >= 0.3 is 0 Å². The summed E-state index contributed by atoms with van der Waals surface area (Å²) in [5.74, 6) is 1.65. The summed E-state index contributed by atoms with van der Waals surface area (Å²) in [6.45, 7) is 9.32. The van der Waals surface area contributed by atoms with Crippen molar-refractivity contribution in [2.45, 2.75) is 57.9 Å². The molecule has 1 aromatic carbocycles. The predicted molar refractivity (Wildman–Crippen MR) is 84.0 cm³/mol. The fourth-order valence-corrected chi connectivity index (χ4v) is 3.11. The quantitative estimate of drug-likeness (QED) is 0.905. The van der Waals surface area contributed by atoms with Gasteiger partial charge in [0.25, 0.3) is 0 Å². The van der Waals surface area contributed by atoms with Gasteiger partial charge in [-0.1, -0.05) is 6.07 Å². The third-order valence-corrected chi connectivity index (χ3v) is 4.11. The fourth-order valence-electron chi connectivity index (χ4n) is 3.11. The first-order valence-electron chi connectivity index (χ1n) is 7.42. The zero-order valence-electron chi connectivity index (χ0n) is 13.9. The van der Waals surface area contributed by atoms with E-state index in [1.165, 1.54) is 0 Å². The number of hydrogen-bond donors (Lipinski definition) is 1. The van der Waals surface area contributed by atoms with Crippen molar-refractivity contribution in [3.05, 3.63) is 23.8 Å². The number of rotatable bonds is 5. The average Bonchev–Trinajstić information content (AvgIpc) is 2.63. The highest BCUT2D eigenvalue weighted by Gasteiger charge is 2.45. The average molecular weight is 293 g/mol. The van der Waals surface area contributed by atoms with Crippen molar-refractivity contribution in [3.8, 4) is 11.5 Å². The van der Waals surface area contributed by atoms with Gasteiger partial charge in [0.1, 0.15) is 11.5 Å². The lowest BCUT2D eigenvalue weighted by Gasteiger charge is -2.28. The number of methoxy groups -OCH3 is 2. The number of hydrogen-bond acceptors (Lipinski definition) is 4. The topological polar surface area (TPSA) is 39.7 Å². The minimum atomic E-state index is -0.163. The molecule has 0 spiro atoms. The van der Waals surface area contributed by atoms with Crippen molar-refractivity contribution >= 4 is 0 Å². The van der Waals surface area contributed by atoms with Gasteiger partial charge < -0.3 is 19.5 Å². The van der Waals surface area contributed by atoms with Crippen molar-refractivity contribution in [2.24, 2.45) is 0 Å². The maximum absolute atomic E-state index is 6.12. The van der Waals surface area contributed by atoms with Crippen molar-refractivity contribution < 1.29 is 14.2 Å². The molecule has 1 aromatic rings. The summed E-state index contributed by atoms with van der Waals surface area (Å²) in [4.78, 5) is 0. The van der Waals surface area contributed by atoms with E-state index in [2.05, 4.69) is 33.0 Å². The molecule has 4 nitrogen and oxygen atoms in total. The Kier molecular flexibility index (Phi) is 4.49. The van der Waals surface area contributed by atoms with Crippen LogP contribution < -0.4 is 14.8 Å². The van der Waals surface area contributed by atoms with E-state index in [1.807, 2.05) is 18.2 Å². The van der Waals surface area contributed by atoms with Crippen LogP contribution in [0.1, 0.15) is 39.7 Å². The van der Waals surface area contributed by atoms with E-state index in [0.717, 1.165) is 30.0 Å². The maximum Gasteiger partial charge on any atom is 0.127 e. The first-order valence-corrected chi connectivity index (χ1v) is 7.42. The van der Waals surface area contributed by atoms with E-state index in [4.69, 9.17) is 14.2 Å². The lowest BCUT2D eigenvalue weighted by molar-refractivity contribution is -0.0699. The summed E-state index contributed by atoms with van der Waals surface area (Å²) in [6.07, 6.45) is 0.998. The molecule has 0 aliphatic carbocycles. The fraction of sp³-hybridized carbons (Fsp3) is 0.647. The van der Waals surface area contributed by atoms with Crippen molar-refractivity contribution in [1.29, 1.82) is 0 Å². The second kappa shape index (κ2) is 5.85. The smallest absolute Gasteiger partial charge is 0.127 e. The number of ether oxygens (including phenoxy) is 3. The molecule has 1 atom stereocenters. The summed E-state index contributed by atoms with van der Waals surface area (Å²) in [5, 5.41) is 3.61. The maximum atomic E-state index is 6.12. The van der Waals surface area contributed by atoms with Crippen LogP contribution >= 0.6 is 0 Å². The normalized spacial score (nSPS) is 23.0. The lowest BCUT2D eigenvalue weighted by atomic mass is 9.94. The van der Waals surface area contributed by atoms with Crippen LogP contribution in [0.5, 0.6) is 11.5 Å². The third-order valence-electron chi connectivity index (χ3n) is 4.11. The van der Waals surface area contributed by atoms with E-state index in [-0.39, 0.29) is 11.2 Å². The SMILES string of the molecule is COc1ccc(CNC2CC(C)(C)OC2(C)C)c(OC)c1. The molecule has 2 rings (SSSR count). The molecule has 1 heterocycles. The largest absolute Gasteiger partial charge is 0.497 e. The van der Waals surface area contributed by atoms with Gasteiger partial charge in [-0.05, 0) is 40.2 Å². The molecule has 1 N–H and O–H groups in total. The van der Waals surface area contributed by atoms with Gasteiger partial charge in [-0.2, -0.15) is 0 Å². The Bertz CT molecular complexity index is 497. The van der Waals surface area contributed by atoms with Crippen LogP contribution in [-0.4, -0.2) is 31.5 Å². The summed E-state index contributed by atoms with van der Waals surface area (Å²) in [5.41, 5.74) is 0.882. The first kappa shape index (κ1) is 16.1. The molecule has 1 aliphatic rings. The molecule has 0 radical (unpaired) electrons. The van der Waals surface area contributed by atoms with E-state index >= 15 is 0 Å². The van der Waals surface area contributed by atoms with Crippen molar-refractivity contribution in [1.82, 2.24) is 5.32 Å². The monoisotopic (exact) mass is 293 g/mol. The van der Waals surface area contributed by atoms with Crippen LogP contribution in [0.15, 0.2) is 18.2 Å². The number of nitrogens with one attached hydrogen (secondary N) is 1. The van der Waals surface area contributed by atoms with E-state index in [0.29, 0.717) is 6.04 Å². The number of benzene rings is 1. The Hall–Kier alpha value is -1.26. The second-order valence-electron chi connectivity index (χ2n) is 6.78. The highest BCUT2D eigenvalue weighted by atomic mass is 16.5. The van der Waals surface area contributed by atoms with Crippen LogP contribution in [-0.2, 0) is 11.3 Å². The van der Waals surface area contributed by atoms with Crippen molar-refractivity contribution in [2.75, 3.05) is 14.2 Å². The molecule has 1 fully saturated rings. The Labute approximate surface area is 127 Å². The van der Waals surface area contributed by atoms with Crippen LogP contribution in [0.2, 0.25) is 0 Å². The predicted octanol–water partition coefficient (Wildman–Crippen LogP) is 3.14. The minimum absolute atomic E-state index is 0.0782. The first-order chi connectivity index (χ1) is 9.77. The summed E-state index contributed by atoms with van der Waals surface area (Å²) in [7, 11) is 3.34. The zero-order chi connectivity index (χ0) is 15.7. The van der Waals surface area contributed by atoms with E-state index in [1.54, 1.807) is 14.2 Å². The molecule has 4 heteroatoms. The highest BCUT2D eigenvalue weighted by Crippen LogP contribution is 2.37. The van der Waals surface area contributed by atoms with Gasteiger partial charge in [-0.25, -0.2) is 0 Å². The van der Waals surface area contributed by atoms with Crippen molar-refractivity contribution in [3.63, 3.8) is 0 Å². The van der Waals surface area contributed by atoms with Gasteiger partial charge in [-0.3, -0.25) is 0 Å². The standard InChI is InChI=1S/C17H27NO3/c1-16(2)10-15(17(3,4)21-16)18-11-12-7-8-13(19-5)9-14(12)20-6/h7-9,15,18H,10-11H2,1-6H3. The Balaban J connectivity index is 2.06. The Morgan fingerprint density at radius 2 is 1.90 bits per heavy atom. The molecule has 1 saturated heterocycles. The Morgan fingerprint density at radius 3 is 2.43 bits per heavy atom. The van der Waals surface area contributed by atoms with Crippen LogP contribution in [0.3, 0.4) is 0 Å². The molecule has 118 valence electrons. The van der Waals surface area contributed by atoms with Gasteiger partial charge in [0.15, 0.2) is 0 Å². The van der Waals surface area contributed by atoms with E-state index < -0.39 is 0 Å². The summed E-state index contributed by atoms with van der Waals surface area (Å²) >= 11 is 0. The summed E-state index contributed by atoms with van der Waals surface area (Å²) in [6, 6.07) is 6.23. The molecule has 21 heavy (non-hydrogen) atoms. The Morgan fingerprint density at radius 1 is 1.19 bits per heavy atom. The van der Waals surface area contributed by atoms with Gasteiger partial charge in [0.05, 0.1) is 25.4 Å². The highest BCUT2D eigenvalue weighted by molar-refractivity contribution is 5.40. The van der Waals surface area contributed by atoms with Gasteiger partial charge in [0.2, 0.25) is 0 Å². The lowest BCUT2D eigenvalue weighted by Crippen LogP contribution is -2.42. The van der Waals surface area contributed by atoms with Crippen LogP contribution in [0, 0.1) is 0 Å². The van der Waals surface area contributed by atoms with E-state index in [9.17, 15) is 0 Å². The molecular formula is C17H27NO3. The third kappa shape index (κ3) is 3.69. The van der Waals surface area contributed by atoms with Crippen LogP contribution in [0.4, 0.5) is 0 Å². The van der Waals surface area contributed by atoms with Gasteiger partial charge in [0, 0.05) is 24.2 Å². The molecule has 0 bridgehead atoms. The summed E-state index contributed by atoms with van der Waals surface area (Å²) < 4.78 is 16.8. The zero-order valence-corrected chi connectivity index (χ0v) is 13.9. The molecule has 0 saturated carbocycles. The molecule has 1 unspecified atom stereocenters. The molecule has 0 aromatic heterocycles. The molecule has 0 amide bonds. The minimum Gasteiger partial charge on any atom is -0.497 e. The van der Waals surface area contributed by atoms with Gasteiger partial charge in [-0.15, -0.1) is 0 Å². The molecule has 1 aliphatic heterocycles. The second-order valence-corrected chi connectivity index (χ2v) is 6.78. The molecular weight excluding hydrogens is 266 g/mol. The van der Waals surface area contributed by atoms with Crippen LogP contribution in [0.25, 0.3) is 0 Å².